The van der Waals surface area contributed by atoms with E-state index < -0.39 is 0 Å². The monoisotopic (exact) mass is 427 g/mol. The molecule has 5 rings (SSSR count). The second-order valence-corrected chi connectivity index (χ2v) is 9.36. The number of anilines is 1. The summed E-state index contributed by atoms with van der Waals surface area (Å²) >= 11 is 1.58. The summed E-state index contributed by atoms with van der Waals surface area (Å²) in [6.45, 7) is 6.44. The van der Waals surface area contributed by atoms with E-state index >= 15 is 0 Å². The molecule has 30 heavy (non-hydrogen) atoms. The van der Waals surface area contributed by atoms with Crippen molar-refractivity contribution in [3.05, 3.63) is 24.3 Å². The minimum atomic E-state index is -0.0575. The summed E-state index contributed by atoms with van der Waals surface area (Å²) in [5.41, 5.74) is 0. The number of hydrogen-bond donors (Lipinski definition) is 0. The Morgan fingerprint density at radius 2 is 1.80 bits per heavy atom. The number of imide groups is 1. The molecule has 1 aromatic heterocycles. The fourth-order valence-corrected chi connectivity index (χ4v) is 5.78. The van der Waals surface area contributed by atoms with Crippen LogP contribution in [0.4, 0.5) is 10.6 Å². The molecule has 0 radical (unpaired) electrons. The smallest absolute Gasteiger partial charge is 0.326 e. The van der Waals surface area contributed by atoms with Crippen molar-refractivity contribution in [2.24, 2.45) is 0 Å². The number of amides is 3. The third-order valence-corrected chi connectivity index (χ3v) is 7.52. The van der Waals surface area contributed by atoms with Gasteiger partial charge >= 0.3 is 6.03 Å². The topological polar surface area (TPSA) is 60.0 Å². The molecule has 4 heterocycles. The highest BCUT2D eigenvalue weighted by atomic mass is 32.1. The van der Waals surface area contributed by atoms with Gasteiger partial charge in [0.05, 0.1) is 4.70 Å². The van der Waals surface area contributed by atoms with Crippen molar-refractivity contribution in [3.8, 4) is 0 Å². The van der Waals surface area contributed by atoms with E-state index in [4.69, 9.17) is 0 Å². The van der Waals surface area contributed by atoms with E-state index in [0.29, 0.717) is 13.0 Å². The number of fused-ring (bicyclic) bond motifs is 2. The Kier molecular flexibility index (Phi) is 5.60. The van der Waals surface area contributed by atoms with Gasteiger partial charge in [-0.1, -0.05) is 12.1 Å². The van der Waals surface area contributed by atoms with Crippen LogP contribution in [0.2, 0.25) is 0 Å². The van der Waals surface area contributed by atoms with Gasteiger partial charge in [-0.25, -0.2) is 4.79 Å². The van der Waals surface area contributed by atoms with Crippen LogP contribution in [0.5, 0.6) is 0 Å². The van der Waals surface area contributed by atoms with E-state index in [-0.39, 0.29) is 18.0 Å². The first-order valence-electron chi connectivity index (χ1n) is 11.1. The summed E-state index contributed by atoms with van der Waals surface area (Å²) in [7, 11) is 0. The first-order valence-corrected chi connectivity index (χ1v) is 11.9. The van der Waals surface area contributed by atoms with E-state index in [0.717, 1.165) is 70.8 Å². The third-order valence-electron chi connectivity index (χ3n) is 6.70. The molecule has 0 N–H and O–H groups in total. The Morgan fingerprint density at radius 3 is 2.67 bits per heavy atom. The average molecular weight is 428 g/mol. The Labute approximate surface area is 181 Å². The minimum absolute atomic E-state index is 0.0206. The SMILES string of the molecule is O=C1C[C@@H]2CCCN2C(=O)N1CCCCN1CCN(c2nsc3ccccc23)CC1. The minimum Gasteiger partial charge on any atom is -0.353 e. The summed E-state index contributed by atoms with van der Waals surface area (Å²) < 4.78 is 5.93. The Balaban J connectivity index is 1.06. The van der Waals surface area contributed by atoms with Gasteiger partial charge < -0.3 is 9.80 Å². The van der Waals surface area contributed by atoms with E-state index in [9.17, 15) is 9.59 Å². The summed E-state index contributed by atoms with van der Waals surface area (Å²) in [6.07, 6.45) is 4.42. The lowest BCUT2D eigenvalue weighted by Crippen LogP contribution is -2.54. The third kappa shape index (κ3) is 3.78. The van der Waals surface area contributed by atoms with Crippen LogP contribution in [0.25, 0.3) is 10.1 Å². The molecule has 0 aliphatic carbocycles. The molecule has 0 bridgehead atoms. The van der Waals surface area contributed by atoms with Gasteiger partial charge in [0.2, 0.25) is 5.91 Å². The van der Waals surface area contributed by atoms with Gasteiger partial charge in [0.1, 0.15) is 5.82 Å². The van der Waals surface area contributed by atoms with E-state index in [1.807, 2.05) is 4.90 Å². The lowest BCUT2D eigenvalue weighted by atomic mass is 10.1. The Bertz CT molecular complexity index is 923. The molecule has 0 unspecified atom stereocenters. The molecule has 3 saturated heterocycles. The molecule has 3 amide bonds. The highest BCUT2D eigenvalue weighted by molar-refractivity contribution is 7.13. The molecule has 1 aromatic carbocycles. The molecule has 2 aromatic rings. The van der Waals surface area contributed by atoms with Crippen LogP contribution < -0.4 is 4.90 Å². The second kappa shape index (κ2) is 8.51. The van der Waals surface area contributed by atoms with E-state index in [1.54, 1.807) is 11.5 Å². The molecule has 8 heteroatoms. The van der Waals surface area contributed by atoms with Crippen LogP contribution in [0.3, 0.4) is 0 Å². The van der Waals surface area contributed by atoms with Crippen molar-refractivity contribution >= 4 is 39.4 Å². The maximum Gasteiger partial charge on any atom is 0.326 e. The lowest BCUT2D eigenvalue weighted by Gasteiger charge is -2.36. The highest BCUT2D eigenvalue weighted by Gasteiger charge is 2.40. The molecule has 3 aliphatic rings. The van der Waals surface area contributed by atoms with Crippen LogP contribution in [-0.2, 0) is 4.79 Å². The number of benzene rings is 1. The molecule has 7 nitrogen and oxygen atoms in total. The van der Waals surface area contributed by atoms with E-state index in [1.165, 1.54) is 15.0 Å². The molecule has 3 aliphatic heterocycles. The van der Waals surface area contributed by atoms with Gasteiger partial charge in [0, 0.05) is 57.1 Å². The lowest BCUT2D eigenvalue weighted by molar-refractivity contribution is -0.132. The number of carbonyl (C=O) groups excluding carboxylic acids is 2. The van der Waals surface area contributed by atoms with Crippen molar-refractivity contribution in [3.63, 3.8) is 0 Å². The predicted molar refractivity (Wildman–Crippen MR) is 119 cm³/mol. The van der Waals surface area contributed by atoms with Gasteiger partial charge in [-0.3, -0.25) is 14.6 Å². The molecule has 3 fully saturated rings. The summed E-state index contributed by atoms with van der Waals surface area (Å²) in [6, 6.07) is 8.54. The second-order valence-electron chi connectivity index (χ2n) is 8.56. The van der Waals surface area contributed by atoms with Crippen LogP contribution in [-0.4, -0.2) is 82.9 Å². The van der Waals surface area contributed by atoms with Gasteiger partial charge in [0.15, 0.2) is 0 Å². The molecular weight excluding hydrogens is 398 g/mol. The van der Waals surface area contributed by atoms with Gasteiger partial charge in [-0.05, 0) is 55.9 Å². The zero-order valence-corrected chi connectivity index (χ0v) is 18.1. The normalized spacial score (nSPS) is 22.9. The first kappa shape index (κ1) is 19.8. The van der Waals surface area contributed by atoms with Crippen LogP contribution in [0.15, 0.2) is 24.3 Å². The fraction of sp³-hybridized carbons (Fsp3) is 0.591. The standard InChI is InChI=1S/C22H29N5O2S/c28-20-16-17-6-5-11-26(17)22(29)27(20)10-4-3-9-24-12-14-25(15-13-24)21-18-7-1-2-8-19(18)30-23-21/h1-2,7-8,17H,3-6,9-16H2/t17-/m0/s1. The van der Waals surface area contributed by atoms with Gasteiger partial charge in [-0.2, -0.15) is 4.37 Å². The van der Waals surface area contributed by atoms with Crippen LogP contribution in [0, 0.1) is 0 Å². The van der Waals surface area contributed by atoms with Gasteiger partial charge in [0.25, 0.3) is 0 Å². The maximum atomic E-state index is 12.6. The largest absolute Gasteiger partial charge is 0.353 e. The fourth-order valence-electron chi connectivity index (χ4n) is 4.98. The summed E-state index contributed by atoms with van der Waals surface area (Å²) in [5, 5.41) is 1.26. The summed E-state index contributed by atoms with van der Waals surface area (Å²) in [4.78, 5) is 33.2. The first-order chi connectivity index (χ1) is 14.7. The number of piperazine rings is 1. The number of carbonyl (C=O) groups is 2. The number of hydrogen-bond acceptors (Lipinski definition) is 6. The molecule has 0 spiro atoms. The van der Waals surface area contributed by atoms with Crippen molar-refractivity contribution in [1.82, 2.24) is 19.1 Å². The number of nitrogens with zero attached hydrogens (tertiary/aromatic N) is 5. The van der Waals surface area contributed by atoms with E-state index in [2.05, 4.69) is 38.4 Å². The number of rotatable bonds is 6. The van der Waals surface area contributed by atoms with Crippen molar-refractivity contribution in [1.29, 1.82) is 0 Å². The number of unbranched alkanes of at least 4 members (excludes halogenated alkanes) is 1. The molecule has 0 saturated carbocycles. The molecule has 160 valence electrons. The molecular formula is C22H29N5O2S. The van der Waals surface area contributed by atoms with Crippen LogP contribution >= 0.6 is 11.5 Å². The quantitative estimate of drug-likeness (QED) is 0.664. The molecule has 1 atom stereocenters. The Hall–Kier alpha value is -2.19. The van der Waals surface area contributed by atoms with Crippen LogP contribution in [0.1, 0.15) is 32.1 Å². The predicted octanol–water partition coefficient (Wildman–Crippen LogP) is 3.02. The zero-order chi connectivity index (χ0) is 20.5. The van der Waals surface area contributed by atoms with Crippen molar-refractivity contribution < 1.29 is 9.59 Å². The number of aromatic nitrogens is 1. The average Bonchev–Trinajstić information content (AvgIpc) is 3.40. The summed E-state index contributed by atoms with van der Waals surface area (Å²) in [5.74, 6) is 1.14. The Morgan fingerprint density at radius 1 is 1.00 bits per heavy atom. The van der Waals surface area contributed by atoms with Crippen molar-refractivity contribution in [2.75, 3.05) is 50.7 Å². The van der Waals surface area contributed by atoms with Crippen molar-refractivity contribution in [2.45, 2.75) is 38.1 Å². The highest BCUT2D eigenvalue weighted by Crippen LogP contribution is 2.30. The van der Waals surface area contributed by atoms with Gasteiger partial charge in [-0.15, -0.1) is 0 Å². The zero-order valence-electron chi connectivity index (χ0n) is 17.3. The maximum absolute atomic E-state index is 12.6. The number of urea groups is 1.